The third kappa shape index (κ3) is 3.65. The highest BCUT2D eigenvalue weighted by molar-refractivity contribution is 7.00. The number of nitrogens with zero attached hydrogens (tertiary/aromatic N) is 3. The Hall–Kier alpha value is -2.06. The van der Waals surface area contributed by atoms with Gasteiger partial charge in [0.15, 0.2) is 0 Å². The molecule has 1 saturated heterocycles. The van der Waals surface area contributed by atoms with Crippen molar-refractivity contribution in [3.05, 3.63) is 18.2 Å². The number of nitrogens with one attached hydrogen (secondary N) is 2. The zero-order valence-electron chi connectivity index (χ0n) is 12.9. The molecule has 0 aliphatic carbocycles. The van der Waals surface area contributed by atoms with E-state index in [2.05, 4.69) is 31.2 Å². The van der Waals surface area contributed by atoms with E-state index in [9.17, 15) is 9.59 Å². The highest BCUT2D eigenvalue weighted by Crippen LogP contribution is 2.17. The lowest BCUT2D eigenvalue weighted by Crippen LogP contribution is -2.43. The van der Waals surface area contributed by atoms with E-state index in [0.29, 0.717) is 23.8 Å². The van der Waals surface area contributed by atoms with Crippen LogP contribution in [0, 0.1) is 0 Å². The lowest BCUT2D eigenvalue weighted by atomic mass is 10.2. The first-order chi connectivity index (χ1) is 11.2. The molecule has 1 aliphatic rings. The molecule has 1 aromatic carbocycles. The van der Waals surface area contributed by atoms with Crippen LogP contribution in [0.25, 0.3) is 11.0 Å². The normalized spacial score (nSPS) is 18.2. The van der Waals surface area contributed by atoms with Gasteiger partial charge in [-0.3, -0.25) is 14.5 Å². The van der Waals surface area contributed by atoms with Crippen LogP contribution >= 0.6 is 11.7 Å². The number of hydrogen-bond acceptors (Lipinski definition) is 6. The van der Waals surface area contributed by atoms with Crippen LogP contribution in [0.15, 0.2) is 18.2 Å². The van der Waals surface area contributed by atoms with E-state index in [1.807, 2.05) is 0 Å². The van der Waals surface area contributed by atoms with Gasteiger partial charge in [0.1, 0.15) is 11.0 Å². The Bertz CT molecular complexity index is 717. The average Bonchev–Trinajstić information content (AvgIpc) is 3.20. The third-order valence-electron chi connectivity index (χ3n) is 4.12. The van der Waals surface area contributed by atoms with Gasteiger partial charge in [-0.1, -0.05) is 6.92 Å². The Morgan fingerprint density at radius 2 is 2.13 bits per heavy atom. The maximum Gasteiger partial charge on any atom is 0.313 e. The average molecular weight is 333 g/mol. The Morgan fingerprint density at radius 3 is 2.96 bits per heavy atom. The van der Waals surface area contributed by atoms with Crippen molar-refractivity contribution in [3.63, 3.8) is 0 Å². The molecule has 8 heteroatoms. The molecule has 2 N–H and O–H groups in total. The van der Waals surface area contributed by atoms with Gasteiger partial charge in [-0.15, -0.1) is 0 Å². The van der Waals surface area contributed by atoms with E-state index in [4.69, 9.17) is 0 Å². The molecule has 0 spiro atoms. The molecule has 3 rings (SSSR count). The van der Waals surface area contributed by atoms with Crippen LogP contribution in [-0.2, 0) is 9.59 Å². The van der Waals surface area contributed by atoms with Gasteiger partial charge in [0, 0.05) is 18.3 Å². The summed E-state index contributed by atoms with van der Waals surface area (Å²) in [5.74, 6) is -1.27. The largest absolute Gasteiger partial charge is 0.346 e. The second kappa shape index (κ2) is 7.01. The lowest BCUT2D eigenvalue weighted by molar-refractivity contribution is -0.136. The molecule has 7 nitrogen and oxygen atoms in total. The Labute approximate surface area is 138 Å². The highest BCUT2D eigenvalue weighted by Gasteiger charge is 2.24. The number of benzene rings is 1. The molecule has 1 aromatic heterocycles. The van der Waals surface area contributed by atoms with Gasteiger partial charge in [-0.05, 0) is 44.1 Å². The van der Waals surface area contributed by atoms with E-state index in [-0.39, 0.29) is 0 Å². The molecule has 2 amide bonds. The summed E-state index contributed by atoms with van der Waals surface area (Å²) >= 11 is 1.11. The van der Waals surface area contributed by atoms with Gasteiger partial charge in [0.25, 0.3) is 0 Å². The minimum absolute atomic E-state index is 0.328. The molecule has 1 fully saturated rings. The Balaban J connectivity index is 1.53. The summed E-state index contributed by atoms with van der Waals surface area (Å²) in [6.07, 6.45) is 2.20. The molecular weight excluding hydrogens is 314 g/mol. The second-order valence-corrected chi connectivity index (χ2v) is 6.08. The Morgan fingerprint density at radius 1 is 1.30 bits per heavy atom. The maximum atomic E-state index is 12.0. The van der Waals surface area contributed by atoms with Gasteiger partial charge in [0.2, 0.25) is 0 Å². The van der Waals surface area contributed by atoms with Crippen LogP contribution < -0.4 is 10.6 Å². The number of carbonyl (C=O) groups is 2. The highest BCUT2D eigenvalue weighted by atomic mass is 32.1. The van der Waals surface area contributed by atoms with E-state index in [1.54, 1.807) is 18.2 Å². The summed E-state index contributed by atoms with van der Waals surface area (Å²) in [6.45, 7) is 4.64. The molecule has 1 atom stereocenters. The lowest BCUT2D eigenvalue weighted by Gasteiger charge is -2.22. The molecule has 122 valence electrons. The Kier molecular flexibility index (Phi) is 4.82. The maximum absolute atomic E-state index is 12.0. The van der Waals surface area contributed by atoms with E-state index in [1.165, 1.54) is 0 Å². The zero-order chi connectivity index (χ0) is 16.2. The van der Waals surface area contributed by atoms with Crippen LogP contribution in [0.3, 0.4) is 0 Å². The second-order valence-electron chi connectivity index (χ2n) is 5.56. The van der Waals surface area contributed by atoms with Crippen molar-refractivity contribution < 1.29 is 9.59 Å². The van der Waals surface area contributed by atoms with Crippen LogP contribution in [0.2, 0.25) is 0 Å². The van der Waals surface area contributed by atoms with Gasteiger partial charge >= 0.3 is 11.8 Å². The van der Waals surface area contributed by atoms with E-state index >= 15 is 0 Å². The molecule has 1 unspecified atom stereocenters. The van der Waals surface area contributed by atoms with Crippen LogP contribution in [0.5, 0.6) is 0 Å². The van der Waals surface area contributed by atoms with Gasteiger partial charge in [0.05, 0.1) is 11.7 Å². The predicted octanol–water partition coefficient (Wildman–Crippen LogP) is 1.23. The summed E-state index contributed by atoms with van der Waals surface area (Å²) in [5, 5.41) is 5.32. The van der Waals surface area contributed by atoms with Crippen molar-refractivity contribution in [2.75, 3.05) is 25.0 Å². The van der Waals surface area contributed by atoms with Gasteiger partial charge in [-0.25, -0.2) is 0 Å². The summed E-state index contributed by atoms with van der Waals surface area (Å²) < 4.78 is 8.21. The fourth-order valence-corrected chi connectivity index (χ4v) is 3.40. The monoisotopic (exact) mass is 333 g/mol. The summed E-state index contributed by atoms with van der Waals surface area (Å²) in [6, 6.07) is 5.52. The fourth-order valence-electron chi connectivity index (χ4n) is 2.88. The molecule has 0 radical (unpaired) electrons. The molecule has 23 heavy (non-hydrogen) atoms. The number of rotatable bonds is 4. The molecular formula is C15H19N5O2S. The minimum Gasteiger partial charge on any atom is -0.346 e. The molecule has 1 aliphatic heterocycles. The van der Waals surface area contributed by atoms with Crippen molar-refractivity contribution in [1.82, 2.24) is 19.0 Å². The zero-order valence-corrected chi connectivity index (χ0v) is 13.7. The molecule has 0 saturated carbocycles. The van der Waals surface area contributed by atoms with Crippen molar-refractivity contribution in [1.29, 1.82) is 0 Å². The first-order valence-electron chi connectivity index (χ1n) is 7.73. The SMILES string of the molecule is CCN1CCCC1CNC(=O)C(=O)Nc1ccc2nsnc2c1. The van der Waals surface area contributed by atoms with E-state index in [0.717, 1.165) is 43.2 Å². The smallest absolute Gasteiger partial charge is 0.313 e. The minimum atomic E-state index is -0.659. The van der Waals surface area contributed by atoms with Crippen LogP contribution in [0.1, 0.15) is 19.8 Å². The summed E-state index contributed by atoms with van der Waals surface area (Å²) in [7, 11) is 0. The number of aromatic nitrogens is 2. The van der Waals surface area contributed by atoms with E-state index < -0.39 is 11.8 Å². The predicted molar refractivity (Wildman–Crippen MR) is 89.3 cm³/mol. The molecule has 2 heterocycles. The van der Waals surface area contributed by atoms with Crippen LogP contribution in [0.4, 0.5) is 5.69 Å². The van der Waals surface area contributed by atoms with Crippen LogP contribution in [-0.4, -0.2) is 51.1 Å². The van der Waals surface area contributed by atoms with Gasteiger partial charge < -0.3 is 10.6 Å². The number of likely N-dealkylation sites (N-methyl/N-ethyl adjacent to an activating group) is 1. The number of likely N-dealkylation sites (tertiary alicyclic amines) is 1. The van der Waals surface area contributed by atoms with Crippen molar-refractivity contribution in [3.8, 4) is 0 Å². The fraction of sp³-hybridized carbons (Fsp3) is 0.467. The number of carbonyl (C=O) groups excluding carboxylic acids is 2. The first kappa shape index (κ1) is 15.8. The van der Waals surface area contributed by atoms with Crippen molar-refractivity contribution in [2.45, 2.75) is 25.8 Å². The number of anilines is 1. The number of amides is 2. The van der Waals surface area contributed by atoms with Crippen molar-refractivity contribution in [2.24, 2.45) is 0 Å². The number of fused-ring (bicyclic) bond motifs is 1. The topological polar surface area (TPSA) is 87.2 Å². The summed E-state index contributed by atoms with van der Waals surface area (Å²) in [4.78, 5) is 26.2. The first-order valence-corrected chi connectivity index (χ1v) is 8.46. The number of hydrogen-bond donors (Lipinski definition) is 2. The quantitative estimate of drug-likeness (QED) is 0.822. The standard InChI is InChI=1S/C15H19N5O2S/c1-2-20-7-3-4-11(20)9-16-14(21)15(22)17-10-5-6-12-13(8-10)19-23-18-12/h5-6,8,11H,2-4,7,9H2,1H3,(H,16,21)(H,17,22). The molecule has 2 aromatic rings. The third-order valence-corrected chi connectivity index (χ3v) is 4.68. The summed E-state index contributed by atoms with van der Waals surface area (Å²) in [5.41, 5.74) is 2.03. The van der Waals surface area contributed by atoms with Gasteiger partial charge in [-0.2, -0.15) is 8.75 Å². The molecule has 0 bridgehead atoms. The van der Waals surface area contributed by atoms with Crippen molar-refractivity contribution >= 4 is 40.3 Å².